The van der Waals surface area contributed by atoms with Crippen LogP contribution in [0.1, 0.15) is 85.3 Å². The van der Waals surface area contributed by atoms with Gasteiger partial charge in [-0.05, 0) is 84.3 Å². The Bertz CT molecular complexity index is 2120. The van der Waals surface area contributed by atoms with Crippen LogP contribution in [0.4, 0.5) is 18.9 Å². The summed E-state index contributed by atoms with van der Waals surface area (Å²) in [6.45, 7) is 22.3. The lowest BCUT2D eigenvalue weighted by Crippen LogP contribution is -2.43. The Hall–Kier alpha value is -4.73. The second-order valence-electron chi connectivity index (χ2n) is 17.2. The molecule has 0 saturated heterocycles. The number of anilines is 1. The van der Waals surface area contributed by atoms with Gasteiger partial charge in [0.15, 0.2) is 19.6 Å². The van der Waals surface area contributed by atoms with Gasteiger partial charge in [-0.15, -0.1) is 11.8 Å². The Morgan fingerprint density at radius 3 is 2.17 bits per heavy atom. The van der Waals surface area contributed by atoms with E-state index in [1.165, 1.54) is 36.4 Å². The minimum atomic E-state index is -5.06. The van der Waals surface area contributed by atoms with Gasteiger partial charge < -0.3 is 14.1 Å². The number of thioether (sulfide) groups is 1. The molecule has 0 bridgehead atoms. The average Bonchev–Trinajstić information content (AvgIpc) is 3.52. The van der Waals surface area contributed by atoms with E-state index >= 15 is 13.2 Å². The summed E-state index contributed by atoms with van der Waals surface area (Å²) in [4.78, 5) is 3.42. The maximum atomic E-state index is 15.4. The molecule has 11 heteroatoms. The molecule has 312 valence electrons. The number of hydrogen-bond acceptors (Lipinski definition) is 7. The second kappa shape index (κ2) is 19.6. The standard InChI is InChI=1S/C48H57F3N4O2SSi/c1-10-12-29-58-44-36(17-16-20-42-41(34-54)43(38(32-52)33-53)57-47(42,48(49,50)51)39-18-14-13-15-19-39)30-46(6,7)31-37(44)24-21-35-22-25-40(26-23-35)55(11-2)27-28-56-59(8,9)45(3,4)5/h13-26H,10-12,27-31H2,1-9H3/b20-16+,24-21+,36-17+. The lowest BCUT2D eigenvalue weighted by molar-refractivity contribution is -0.249. The lowest BCUT2D eigenvalue weighted by Gasteiger charge is -2.37. The highest BCUT2D eigenvalue weighted by Gasteiger charge is 2.65. The van der Waals surface area contributed by atoms with E-state index in [1.54, 1.807) is 30.0 Å². The molecule has 0 N–H and O–H groups in total. The zero-order valence-corrected chi connectivity index (χ0v) is 37.7. The van der Waals surface area contributed by atoms with Gasteiger partial charge in [-0.3, -0.25) is 0 Å². The summed E-state index contributed by atoms with van der Waals surface area (Å²) in [6.07, 6.45) is 7.38. The maximum absolute atomic E-state index is 15.4. The molecule has 1 heterocycles. The second-order valence-corrected chi connectivity index (χ2v) is 23.1. The monoisotopic (exact) mass is 838 g/mol. The molecule has 1 unspecified atom stereocenters. The zero-order valence-electron chi connectivity index (χ0n) is 35.9. The Balaban J connectivity index is 1.74. The highest BCUT2D eigenvalue weighted by Crippen LogP contribution is 2.56. The highest BCUT2D eigenvalue weighted by atomic mass is 32.2. The van der Waals surface area contributed by atoms with Crippen LogP contribution < -0.4 is 4.90 Å². The first-order valence-corrected chi connectivity index (χ1v) is 24.1. The highest BCUT2D eigenvalue weighted by molar-refractivity contribution is 8.03. The molecule has 2 aromatic carbocycles. The number of halogens is 3. The Labute approximate surface area is 355 Å². The van der Waals surface area contributed by atoms with Crippen LogP contribution >= 0.6 is 11.8 Å². The van der Waals surface area contributed by atoms with Gasteiger partial charge in [0, 0.05) is 34.8 Å². The minimum absolute atomic E-state index is 0.149. The fourth-order valence-electron chi connectivity index (χ4n) is 7.02. The van der Waals surface area contributed by atoms with Crippen molar-refractivity contribution >= 4 is 31.8 Å². The lowest BCUT2D eigenvalue weighted by atomic mass is 9.74. The third kappa shape index (κ3) is 10.9. The van der Waals surface area contributed by atoms with E-state index in [4.69, 9.17) is 9.16 Å². The van der Waals surface area contributed by atoms with Crippen molar-refractivity contribution in [3.63, 3.8) is 0 Å². The van der Waals surface area contributed by atoms with Crippen molar-refractivity contribution in [1.82, 2.24) is 0 Å². The molecule has 0 aromatic heterocycles. The number of unbranched alkanes of at least 4 members (excludes halogenated alkanes) is 1. The number of ether oxygens (including phenoxy) is 1. The van der Waals surface area contributed by atoms with Gasteiger partial charge in [0.25, 0.3) is 5.60 Å². The van der Waals surface area contributed by atoms with Crippen LogP contribution in [0.2, 0.25) is 18.1 Å². The summed E-state index contributed by atoms with van der Waals surface area (Å²) < 4.78 is 58.2. The Morgan fingerprint density at radius 2 is 1.61 bits per heavy atom. The van der Waals surface area contributed by atoms with Crippen LogP contribution in [0.15, 0.2) is 117 Å². The van der Waals surface area contributed by atoms with Crippen molar-refractivity contribution in [2.45, 2.75) is 104 Å². The predicted molar refractivity (Wildman–Crippen MR) is 237 cm³/mol. The third-order valence-electron chi connectivity index (χ3n) is 11.2. The molecule has 0 fully saturated rings. The van der Waals surface area contributed by atoms with Crippen LogP contribution in [0.3, 0.4) is 0 Å². The average molecular weight is 839 g/mol. The molecule has 4 rings (SSSR count). The summed E-state index contributed by atoms with van der Waals surface area (Å²) in [6, 6.07) is 20.6. The first-order valence-electron chi connectivity index (χ1n) is 20.2. The largest absolute Gasteiger partial charge is 0.465 e. The van der Waals surface area contributed by atoms with Crippen molar-refractivity contribution in [2.24, 2.45) is 5.41 Å². The third-order valence-corrected chi connectivity index (χ3v) is 17.1. The van der Waals surface area contributed by atoms with E-state index in [2.05, 4.69) is 103 Å². The Kier molecular flexibility index (Phi) is 15.6. The number of alkyl halides is 3. The smallest absolute Gasteiger partial charge is 0.437 e. The van der Waals surface area contributed by atoms with E-state index < -0.39 is 42.6 Å². The van der Waals surface area contributed by atoms with Gasteiger partial charge in [0.2, 0.25) is 0 Å². The number of nitrogens with zero attached hydrogens (tertiary/aromatic N) is 4. The molecule has 0 spiro atoms. The van der Waals surface area contributed by atoms with Crippen LogP contribution in [0.25, 0.3) is 6.08 Å². The summed E-state index contributed by atoms with van der Waals surface area (Å²) >= 11 is 1.75. The van der Waals surface area contributed by atoms with E-state index in [0.29, 0.717) is 13.0 Å². The normalized spacial score (nSPS) is 19.3. The summed E-state index contributed by atoms with van der Waals surface area (Å²) in [5.41, 5.74) is -0.911. The molecular weight excluding hydrogens is 782 g/mol. The van der Waals surface area contributed by atoms with Crippen LogP contribution in [0.5, 0.6) is 0 Å². The number of hydrogen-bond donors (Lipinski definition) is 0. The molecule has 2 aromatic rings. The molecule has 0 saturated carbocycles. The van der Waals surface area contributed by atoms with Crippen molar-refractivity contribution in [3.05, 3.63) is 129 Å². The van der Waals surface area contributed by atoms with Crippen LogP contribution in [-0.2, 0) is 14.8 Å². The SMILES string of the molecule is CCCCSC1=C(/C=C/c2ccc(N(CC)CCO[Si](C)(C)C(C)(C)C)cc2)CC(C)(C)C/C1=C\C=C\C1=C(C#N)C(=C(C#N)C#N)OC1(c1ccccc1)C(F)(F)F. The molecule has 2 aliphatic rings. The number of allylic oxidation sites excluding steroid dienone is 7. The topological polar surface area (TPSA) is 93.1 Å². The zero-order chi connectivity index (χ0) is 43.6. The summed E-state index contributed by atoms with van der Waals surface area (Å²) in [5.74, 6) is 0.201. The van der Waals surface area contributed by atoms with E-state index in [0.717, 1.165) is 65.4 Å². The molecule has 59 heavy (non-hydrogen) atoms. The number of nitriles is 3. The molecule has 1 aliphatic heterocycles. The molecule has 1 aliphatic carbocycles. The van der Waals surface area contributed by atoms with Gasteiger partial charge in [-0.2, -0.15) is 29.0 Å². The number of rotatable bonds is 15. The molecular formula is C48H57F3N4O2SSi. The first kappa shape index (κ1) is 47.0. The number of likely N-dealkylation sites (N-methyl/N-ethyl adjacent to an activating group) is 1. The van der Waals surface area contributed by atoms with Gasteiger partial charge in [0.1, 0.15) is 23.8 Å². The fourth-order valence-corrected chi connectivity index (χ4v) is 9.34. The van der Waals surface area contributed by atoms with E-state index in [9.17, 15) is 15.8 Å². The minimum Gasteiger partial charge on any atom is -0.465 e. The first-order chi connectivity index (χ1) is 27.8. The summed E-state index contributed by atoms with van der Waals surface area (Å²) in [7, 11) is -1.84. The fraction of sp³-hybridized carbons (Fsp3) is 0.438. The maximum Gasteiger partial charge on any atom is 0.437 e. The van der Waals surface area contributed by atoms with Gasteiger partial charge >= 0.3 is 6.18 Å². The predicted octanol–water partition coefficient (Wildman–Crippen LogP) is 13.2. The van der Waals surface area contributed by atoms with Crippen molar-refractivity contribution in [1.29, 1.82) is 15.8 Å². The molecule has 0 radical (unpaired) electrons. The quantitative estimate of drug-likeness (QED) is 0.100. The van der Waals surface area contributed by atoms with Gasteiger partial charge in [-0.1, -0.05) is 121 Å². The van der Waals surface area contributed by atoms with E-state index in [-0.39, 0.29) is 16.0 Å². The van der Waals surface area contributed by atoms with Crippen molar-refractivity contribution in [2.75, 3.05) is 30.3 Å². The van der Waals surface area contributed by atoms with E-state index in [1.807, 2.05) is 12.1 Å². The molecule has 1 atom stereocenters. The molecule has 6 nitrogen and oxygen atoms in total. The number of benzene rings is 2. The summed E-state index contributed by atoms with van der Waals surface area (Å²) in [5, 5.41) is 29.6. The molecule has 0 amide bonds. The van der Waals surface area contributed by atoms with Crippen LogP contribution in [0, 0.1) is 39.4 Å². The van der Waals surface area contributed by atoms with Crippen molar-refractivity contribution < 1.29 is 22.3 Å². The van der Waals surface area contributed by atoms with Gasteiger partial charge in [-0.25, -0.2) is 0 Å². The Morgan fingerprint density at radius 1 is 0.949 bits per heavy atom. The van der Waals surface area contributed by atoms with Gasteiger partial charge in [0.05, 0.1) is 6.61 Å². The van der Waals surface area contributed by atoms with Crippen molar-refractivity contribution in [3.8, 4) is 18.2 Å². The van der Waals surface area contributed by atoms with Crippen LogP contribution in [-0.4, -0.2) is 39.9 Å².